The van der Waals surface area contributed by atoms with Crippen molar-refractivity contribution in [2.24, 2.45) is 5.73 Å². The maximum Gasteiger partial charge on any atom is 0.157 e. The first kappa shape index (κ1) is 8.59. The highest BCUT2D eigenvalue weighted by Crippen LogP contribution is 2.08. The normalized spacial score (nSPS) is 11.6. The van der Waals surface area contributed by atoms with E-state index >= 15 is 0 Å². The largest absolute Gasteiger partial charge is 0.463 e. The summed E-state index contributed by atoms with van der Waals surface area (Å²) in [7, 11) is 0. The molecule has 0 atom stereocenters. The lowest BCUT2D eigenvalue weighted by Gasteiger charge is -1.93. The lowest BCUT2D eigenvalue weighted by molar-refractivity contribution is -0.114. The number of carbonyl (C=O) groups is 1. The third-order valence-corrected chi connectivity index (χ3v) is 1.47. The topological polar surface area (TPSA) is 56.2 Å². The molecule has 0 spiro atoms. The predicted octanol–water partition coefficient (Wildman–Crippen LogP) is 1.56. The summed E-state index contributed by atoms with van der Waals surface area (Å²) in [6.45, 7) is 1.79. The van der Waals surface area contributed by atoms with Crippen LogP contribution in [0.4, 0.5) is 0 Å². The molecule has 0 aliphatic carbocycles. The summed E-state index contributed by atoms with van der Waals surface area (Å²) in [6, 6.07) is 3.45. The Morgan fingerprint density at radius 2 is 2.50 bits per heavy atom. The molecular weight excluding hydrogens is 154 g/mol. The fraction of sp³-hybridized carbons (Fsp3) is 0.222. The molecule has 0 amide bonds. The van der Waals surface area contributed by atoms with E-state index in [-0.39, 0.29) is 5.78 Å². The van der Waals surface area contributed by atoms with Gasteiger partial charge in [0, 0.05) is 12.5 Å². The van der Waals surface area contributed by atoms with Crippen LogP contribution in [0, 0.1) is 0 Å². The van der Waals surface area contributed by atoms with E-state index in [9.17, 15) is 4.79 Å². The Kier molecular flexibility index (Phi) is 2.69. The minimum Gasteiger partial charge on any atom is -0.463 e. The molecule has 1 aromatic heterocycles. The molecule has 0 saturated carbocycles. The fourth-order valence-corrected chi connectivity index (χ4v) is 0.789. The van der Waals surface area contributed by atoms with E-state index < -0.39 is 0 Å². The highest BCUT2D eigenvalue weighted by molar-refractivity contribution is 5.95. The molecule has 1 heterocycles. The summed E-state index contributed by atoms with van der Waals surface area (Å²) in [5.74, 6) is 0.542. The van der Waals surface area contributed by atoms with Crippen LogP contribution in [0.25, 0.3) is 5.70 Å². The molecule has 0 unspecified atom stereocenters. The third-order valence-electron chi connectivity index (χ3n) is 1.47. The molecule has 3 nitrogen and oxygen atoms in total. The first-order valence-electron chi connectivity index (χ1n) is 3.78. The third kappa shape index (κ3) is 1.99. The molecule has 2 N–H and O–H groups in total. The number of hydrogen-bond acceptors (Lipinski definition) is 3. The average Bonchev–Trinajstić information content (AvgIpc) is 2.56. The molecule has 0 saturated heterocycles. The fourth-order valence-electron chi connectivity index (χ4n) is 0.789. The van der Waals surface area contributed by atoms with Gasteiger partial charge in [0.15, 0.2) is 5.78 Å². The lowest BCUT2D eigenvalue weighted by atomic mass is 10.2. The molecule has 0 aliphatic rings. The summed E-state index contributed by atoms with van der Waals surface area (Å²) in [5, 5.41) is 0. The summed E-state index contributed by atoms with van der Waals surface area (Å²) in [4.78, 5) is 10.9. The van der Waals surface area contributed by atoms with Gasteiger partial charge in [0.25, 0.3) is 0 Å². The zero-order chi connectivity index (χ0) is 8.97. The van der Waals surface area contributed by atoms with Crippen molar-refractivity contribution >= 4 is 11.5 Å². The van der Waals surface area contributed by atoms with Gasteiger partial charge in [-0.2, -0.15) is 0 Å². The number of hydrogen-bond donors (Lipinski definition) is 1. The van der Waals surface area contributed by atoms with Gasteiger partial charge in [0.1, 0.15) is 5.76 Å². The first-order valence-corrected chi connectivity index (χ1v) is 3.78. The van der Waals surface area contributed by atoms with E-state index in [4.69, 9.17) is 10.2 Å². The van der Waals surface area contributed by atoms with Gasteiger partial charge >= 0.3 is 0 Å². The Morgan fingerprint density at radius 1 is 1.75 bits per heavy atom. The quantitative estimate of drug-likeness (QED) is 0.691. The van der Waals surface area contributed by atoms with Gasteiger partial charge in [-0.3, -0.25) is 4.79 Å². The Hall–Kier alpha value is -1.51. The number of ketones is 1. The number of rotatable bonds is 3. The summed E-state index contributed by atoms with van der Waals surface area (Å²) >= 11 is 0. The molecule has 12 heavy (non-hydrogen) atoms. The van der Waals surface area contributed by atoms with Crippen LogP contribution >= 0.6 is 0 Å². The SMILES string of the molecule is CCC(=O)/C=C(/N)c1ccco1. The van der Waals surface area contributed by atoms with E-state index in [2.05, 4.69) is 0 Å². The molecule has 3 heteroatoms. The smallest absolute Gasteiger partial charge is 0.157 e. The Morgan fingerprint density at radius 3 is 3.00 bits per heavy atom. The van der Waals surface area contributed by atoms with Crippen molar-refractivity contribution in [3.8, 4) is 0 Å². The van der Waals surface area contributed by atoms with E-state index in [0.717, 1.165) is 0 Å². The van der Waals surface area contributed by atoms with Crippen LogP contribution in [0.1, 0.15) is 19.1 Å². The number of allylic oxidation sites excluding steroid dienone is 1. The van der Waals surface area contributed by atoms with E-state index in [0.29, 0.717) is 17.9 Å². The van der Waals surface area contributed by atoms with Gasteiger partial charge in [-0.1, -0.05) is 6.92 Å². The maximum atomic E-state index is 10.9. The van der Waals surface area contributed by atoms with Gasteiger partial charge in [-0.15, -0.1) is 0 Å². The Bertz CT molecular complexity index is 285. The summed E-state index contributed by atoms with van der Waals surface area (Å²) in [5.41, 5.74) is 5.94. The number of carbonyl (C=O) groups excluding carboxylic acids is 1. The van der Waals surface area contributed by atoms with Crippen molar-refractivity contribution in [2.45, 2.75) is 13.3 Å². The maximum absolute atomic E-state index is 10.9. The second-order valence-electron chi connectivity index (χ2n) is 2.40. The average molecular weight is 165 g/mol. The zero-order valence-corrected chi connectivity index (χ0v) is 6.91. The molecule has 1 rings (SSSR count). The standard InChI is InChI=1S/C9H11NO2/c1-2-7(11)6-8(10)9-4-3-5-12-9/h3-6H,2,10H2,1H3/b8-6+. The van der Waals surface area contributed by atoms with Crippen molar-refractivity contribution in [3.05, 3.63) is 30.2 Å². The number of nitrogens with two attached hydrogens (primary N) is 1. The van der Waals surface area contributed by atoms with E-state index in [1.807, 2.05) is 0 Å². The molecule has 0 radical (unpaired) electrons. The summed E-state index contributed by atoms with van der Waals surface area (Å²) in [6.07, 6.45) is 3.37. The second-order valence-corrected chi connectivity index (χ2v) is 2.40. The van der Waals surface area contributed by atoms with Crippen LogP contribution < -0.4 is 5.73 Å². The Balaban J connectivity index is 2.77. The highest BCUT2D eigenvalue weighted by Gasteiger charge is 2.00. The van der Waals surface area contributed by atoms with Crippen LogP contribution in [0.15, 0.2) is 28.9 Å². The molecule has 0 aliphatic heterocycles. The van der Waals surface area contributed by atoms with Gasteiger partial charge < -0.3 is 10.2 Å². The van der Waals surface area contributed by atoms with Crippen molar-refractivity contribution in [2.75, 3.05) is 0 Å². The van der Waals surface area contributed by atoms with Crippen molar-refractivity contribution < 1.29 is 9.21 Å². The molecule has 1 aromatic rings. The van der Waals surface area contributed by atoms with Gasteiger partial charge in [-0.05, 0) is 12.1 Å². The Labute approximate surface area is 70.9 Å². The molecule has 0 fully saturated rings. The van der Waals surface area contributed by atoms with Crippen LogP contribution in [-0.2, 0) is 4.79 Å². The molecule has 0 aromatic carbocycles. The second kappa shape index (κ2) is 3.76. The number of furan rings is 1. The first-order chi connectivity index (χ1) is 5.74. The predicted molar refractivity (Wildman–Crippen MR) is 46.2 cm³/mol. The van der Waals surface area contributed by atoms with E-state index in [1.165, 1.54) is 12.3 Å². The van der Waals surface area contributed by atoms with Crippen molar-refractivity contribution in [1.82, 2.24) is 0 Å². The highest BCUT2D eigenvalue weighted by atomic mass is 16.3. The van der Waals surface area contributed by atoms with Crippen LogP contribution in [0.5, 0.6) is 0 Å². The molecule has 0 bridgehead atoms. The van der Waals surface area contributed by atoms with E-state index in [1.54, 1.807) is 19.1 Å². The van der Waals surface area contributed by atoms with Crippen molar-refractivity contribution in [1.29, 1.82) is 0 Å². The lowest BCUT2D eigenvalue weighted by Crippen LogP contribution is -1.99. The summed E-state index contributed by atoms with van der Waals surface area (Å²) < 4.78 is 5.00. The van der Waals surface area contributed by atoms with Crippen LogP contribution in [0.2, 0.25) is 0 Å². The van der Waals surface area contributed by atoms with Gasteiger partial charge in [-0.25, -0.2) is 0 Å². The molecule has 64 valence electrons. The molecular formula is C9H11NO2. The zero-order valence-electron chi connectivity index (χ0n) is 6.91. The monoisotopic (exact) mass is 165 g/mol. The van der Waals surface area contributed by atoms with Crippen molar-refractivity contribution in [3.63, 3.8) is 0 Å². The van der Waals surface area contributed by atoms with Crippen LogP contribution in [-0.4, -0.2) is 5.78 Å². The van der Waals surface area contributed by atoms with Gasteiger partial charge in [0.2, 0.25) is 0 Å². The van der Waals surface area contributed by atoms with Crippen LogP contribution in [0.3, 0.4) is 0 Å². The minimum absolute atomic E-state index is 0.00361. The van der Waals surface area contributed by atoms with Gasteiger partial charge in [0.05, 0.1) is 12.0 Å². The minimum atomic E-state index is 0.00361.